The van der Waals surface area contributed by atoms with Crippen LogP contribution >= 0.6 is 0 Å². The highest BCUT2D eigenvalue weighted by molar-refractivity contribution is 6.03. The van der Waals surface area contributed by atoms with Crippen molar-refractivity contribution in [2.45, 2.75) is 46.4 Å². The number of ether oxygens (including phenoxy) is 1. The van der Waals surface area contributed by atoms with Crippen LogP contribution < -0.4 is 16.8 Å². The van der Waals surface area contributed by atoms with E-state index in [1.165, 1.54) is 10.6 Å². The SMILES string of the molecule is CCCCn1c(=O)[nH]c(=O)c2c1nc(COC(=O)c1cc(=O)[nH]c3ccccc13)n2CC. The fraction of sp³-hybridized carbons (Fsp3) is 0.318. The summed E-state index contributed by atoms with van der Waals surface area (Å²) in [5.41, 5.74) is -0.276. The number of imidazole rings is 1. The van der Waals surface area contributed by atoms with Gasteiger partial charge in [0, 0.05) is 30.1 Å². The largest absolute Gasteiger partial charge is 0.454 e. The monoisotopic (exact) mass is 437 g/mol. The molecule has 4 aromatic rings. The number of nitrogens with zero attached hydrogens (tertiary/aromatic N) is 3. The molecule has 3 heterocycles. The van der Waals surface area contributed by atoms with Crippen LogP contribution in [0, 0.1) is 0 Å². The molecule has 0 radical (unpaired) electrons. The molecule has 2 N–H and O–H groups in total. The second kappa shape index (κ2) is 8.66. The minimum atomic E-state index is -0.681. The molecule has 32 heavy (non-hydrogen) atoms. The van der Waals surface area contributed by atoms with Gasteiger partial charge in [-0.05, 0) is 19.4 Å². The van der Waals surface area contributed by atoms with Gasteiger partial charge in [0.15, 0.2) is 11.2 Å². The van der Waals surface area contributed by atoms with E-state index in [1.807, 2.05) is 13.8 Å². The van der Waals surface area contributed by atoms with Crippen LogP contribution in [0.25, 0.3) is 22.1 Å². The summed E-state index contributed by atoms with van der Waals surface area (Å²) in [6, 6.07) is 8.13. The Hall–Kier alpha value is -3.95. The lowest BCUT2D eigenvalue weighted by Gasteiger charge is -2.08. The van der Waals surface area contributed by atoms with E-state index in [0.717, 1.165) is 12.8 Å². The van der Waals surface area contributed by atoms with Gasteiger partial charge < -0.3 is 14.3 Å². The number of fused-ring (bicyclic) bond motifs is 2. The number of pyridine rings is 1. The average Bonchev–Trinajstić information content (AvgIpc) is 3.15. The van der Waals surface area contributed by atoms with Gasteiger partial charge in [0.2, 0.25) is 5.56 Å². The van der Waals surface area contributed by atoms with E-state index in [2.05, 4.69) is 15.0 Å². The first-order valence-corrected chi connectivity index (χ1v) is 10.5. The Bertz CT molecular complexity index is 1490. The van der Waals surface area contributed by atoms with Gasteiger partial charge in [-0.25, -0.2) is 14.6 Å². The molecule has 0 bridgehead atoms. The van der Waals surface area contributed by atoms with Crippen molar-refractivity contribution in [1.29, 1.82) is 0 Å². The number of esters is 1. The molecule has 0 saturated carbocycles. The van der Waals surface area contributed by atoms with E-state index in [1.54, 1.807) is 28.8 Å². The topological polar surface area (TPSA) is 132 Å². The summed E-state index contributed by atoms with van der Waals surface area (Å²) in [7, 11) is 0. The van der Waals surface area contributed by atoms with Crippen LogP contribution in [0.1, 0.15) is 42.9 Å². The quantitative estimate of drug-likeness (QED) is 0.425. The van der Waals surface area contributed by atoms with Gasteiger partial charge in [0.25, 0.3) is 5.56 Å². The van der Waals surface area contributed by atoms with Crippen molar-refractivity contribution in [3.8, 4) is 0 Å². The summed E-state index contributed by atoms with van der Waals surface area (Å²) in [5, 5.41) is 0.561. The van der Waals surface area contributed by atoms with Crippen molar-refractivity contribution in [3.05, 3.63) is 72.9 Å². The third-order valence-corrected chi connectivity index (χ3v) is 5.32. The van der Waals surface area contributed by atoms with Crippen LogP contribution in [0.15, 0.2) is 44.7 Å². The van der Waals surface area contributed by atoms with E-state index in [4.69, 9.17) is 4.74 Å². The molecule has 0 aliphatic rings. The molecule has 0 saturated heterocycles. The van der Waals surface area contributed by atoms with E-state index in [9.17, 15) is 19.2 Å². The fourth-order valence-corrected chi connectivity index (χ4v) is 3.77. The molecular formula is C22H23N5O5. The standard InChI is InChI=1S/C22H23N5O5/c1-3-5-10-27-19-18(20(29)25-22(27)31)26(4-2)16(24-19)12-32-21(30)14-11-17(28)23-15-9-7-6-8-13(14)15/h6-9,11H,3-5,10,12H2,1-2H3,(H,23,28)(H,25,29,31). The minimum absolute atomic E-state index is 0.140. The maximum atomic E-state index is 12.8. The summed E-state index contributed by atoms with van der Waals surface area (Å²) in [6.07, 6.45) is 1.62. The van der Waals surface area contributed by atoms with Crippen molar-refractivity contribution >= 4 is 28.0 Å². The zero-order chi connectivity index (χ0) is 22.8. The zero-order valence-corrected chi connectivity index (χ0v) is 17.8. The number of aromatic amines is 2. The molecule has 0 fully saturated rings. The smallest absolute Gasteiger partial charge is 0.339 e. The molecule has 0 unspecified atom stereocenters. The van der Waals surface area contributed by atoms with Crippen molar-refractivity contribution in [2.24, 2.45) is 0 Å². The van der Waals surface area contributed by atoms with Gasteiger partial charge in [-0.2, -0.15) is 0 Å². The Labute approximate surface area is 181 Å². The summed E-state index contributed by atoms with van der Waals surface area (Å²) in [5.74, 6) is -0.342. The second-order valence-electron chi connectivity index (χ2n) is 7.38. The Balaban J connectivity index is 1.72. The maximum absolute atomic E-state index is 12.8. The molecule has 0 spiro atoms. The fourth-order valence-electron chi connectivity index (χ4n) is 3.77. The molecule has 0 aliphatic carbocycles. The Morgan fingerprint density at radius 1 is 1.09 bits per heavy atom. The molecule has 10 nitrogen and oxygen atoms in total. The molecular weight excluding hydrogens is 414 g/mol. The first-order chi connectivity index (χ1) is 15.4. The van der Waals surface area contributed by atoms with Crippen LogP contribution in [0.3, 0.4) is 0 Å². The van der Waals surface area contributed by atoms with Crippen LogP contribution in [0.5, 0.6) is 0 Å². The normalized spacial score (nSPS) is 11.3. The Morgan fingerprint density at radius 2 is 1.88 bits per heavy atom. The van der Waals surface area contributed by atoms with Crippen LogP contribution in [0.2, 0.25) is 0 Å². The van der Waals surface area contributed by atoms with Gasteiger partial charge >= 0.3 is 11.7 Å². The molecule has 0 aliphatic heterocycles. The number of aromatic nitrogens is 5. The number of benzene rings is 1. The predicted molar refractivity (Wildman–Crippen MR) is 119 cm³/mol. The Kier molecular flexibility index (Phi) is 5.76. The van der Waals surface area contributed by atoms with Gasteiger partial charge in [-0.1, -0.05) is 31.5 Å². The molecule has 0 amide bonds. The predicted octanol–water partition coefficient (Wildman–Crippen LogP) is 1.90. The number of nitrogens with one attached hydrogen (secondary N) is 2. The molecule has 166 valence electrons. The van der Waals surface area contributed by atoms with Crippen molar-refractivity contribution in [3.63, 3.8) is 0 Å². The van der Waals surface area contributed by atoms with Crippen molar-refractivity contribution in [1.82, 2.24) is 24.1 Å². The third kappa shape index (κ3) is 3.75. The third-order valence-electron chi connectivity index (χ3n) is 5.32. The number of aryl methyl sites for hydroxylation is 2. The van der Waals surface area contributed by atoms with Gasteiger partial charge in [0.05, 0.1) is 5.56 Å². The number of para-hydroxylation sites is 1. The van der Waals surface area contributed by atoms with Crippen LogP contribution in [-0.2, 0) is 24.4 Å². The highest BCUT2D eigenvalue weighted by atomic mass is 16.5. The zero-order valence-electron chi connectivity index (χ0n) is 17.8. The van der Waals surface area contributed by atoms with E-state index in [0.29, 0.717) is 29.8 Å². The number of hydrogen-bond donors (Lipinski definition) is 2. The molecule has 0 atom stereocenters. The van der Waals surface area contributed by atoms with E-state index >= 15 is 0 Å². The summed E-state index contributed by atoms with van der Waals surface area (Å²) in [4.78, 5) is 59.0. The number of hydrogen-bond acceptors (Lipinski definition) is 6. The highest BCUT2D eigenvalue weighted by Crippen LogP contribution is 2.17. The van der Waals surface area contributed by atoms with Crippen LogP contribution in [-0.4, -0.2) is 30.1 Å². The lowest BCUT2D eigenvalue weighted by molar-refractivity contribution is 0.0461. The number of H-pyrrole nitrogens is 2. The number of unbranched alkanes of at least 4 members (excludes halogenated alkanes) is 1. The van der Waals surface area contributed by atoms with Crippen molar-refractivity contribution < 1.29 is 9.53 Å². The Morgan fingerprint density at radius 3 is 2.62 bits per heavy atom. The number of carbonyl (C=O) groups excluding carboxylic acids is 1. The number of rotatable bonds is 7. The van der Waals surface area contributed by atoms with Crippen molar-refractivity contribution in [2.75, 3.05) is 0 Å². The lowest BCUT2D eigenvalue weighted by Crippen LogP contribution is -2.31. The van der Waals surface area contributed by atoms with E-state index < -0.39 is 22.8 Å². The maximum Gasteiger partial charge on any atom is 0.339 e. The van der Waals surface area contributed by atoms with Gasteiger partial charge in [0.1, 0.15) is 12.4 Å². The van der Waals surface area contributed by atoms with E-state index in [-0.39, 0.29) is 23.3 Å². The average molecular weight is 437 g/mol. The first kappa shape index (κ1) is 21.3. The van der Waals surface area contributed by atoms with Crippen LogP contribution in [0.4, 0.5) is 0 Å². The second-order valence-corrected chi connectivity index (χ2v) is 7.38. The summed E-state index contributed by atoms with van der Waals surface area (Å²) in [6.45, 7) is 4.43. The molecule has 4 rings (SSSR count). The highest BCUT2D eigenvalue weighted by Gasteiger charge is 2.20. The van der Waals surface area contributed by atoms with Gasteiger partial charge in [-0.15, -0.1) is 0 Å². The first-order valence-electron chi connectivity index (χ1n) is 10.5. The molecule has 10 heteroatoms. The molecule has 3 aromatic heterocycles. The lowest BCUT2D eigenvalue weighted by atomic mass is 10.1. The summed E-state index contributed by atoms with van der Waals surface area (Å²) >= 11 is 0. The molecule has 1 aromatic carbocycles. The van der Waals surface area contributed by atoms with Gasteiger partial charge in [-0.3, -0.25) is 19.1 Å². The summed E-state index contributed by atoms with van der Waals surface area (Å²) < 4.78 is 8.52. The minimum Gasteiger partial charge on any atom is -0.454 e. The number of carbonyl (C=O) groups is 1.